The molecule has 1 aliphatic rings. The summed E-state index contributed by atoms with van der Waals surface area (Å²) in [4.78, 5) is 11.9. The summed E-state index contributed by atoms with van der Waals surface area (Å²) in [6.07, 6.45) is 0.681. The molecule has 3 aromatic rings. The average molecular weight is 386 g/mol. The minimum Gasteiger partial charge on any atom is -0.465 e. The number of rotatable bonds is 4. The number of hydrogen-bond acceptors (Lipinski definition) is 5. The van der Waals surface area contributed by atoms with Crippen molar-refractivity contribution in [2.75, 3.05) is 6.61 Å². The second-order valence-electron chi connectivity index (χ2n) is 6.05. The van der Waals surface area contributed by atoms with Crippen molar-refractivity contribution in [2.45, 2.75) is 23.8 Å². The Morgan fingerprint density at radius 2 is 1.85 bits per heavy atom. The van der Waals surface area contributed by atoms with Gasteiger partial charge in [-0.1, -0.05) is 41.1 Å². The summed E-state index contributed by atoms with van der Waals surface area (Å²) >= 11 is 7.40. The van der Waals surface area contributed by atoms with Gasteiger partial charge in [0.25, 0.3) is 0 Å². The molecule has 0 amide bonds. The predicted molar refractivity (Wildman–Crippen MR) is 102 cm³/mol. The molecule has 1 fully saturated rings. The third kappa shape index (κ3) is 3.34. The zero-order chi connectivity index (χ0) is 18.1. The van der Waals surface area contributed by atoms with Crippen LogP contribution in [0.25, 0.3) is 17.1 Å². The third-order valence-electron chi connectivity index (χ3n) is 4.16. The van der Waals surface area contributed by atoms with Gasteiger partial charge in [-0.25, -0.2) is 0 Å². The SMILES string of the molecule is Cc1ccc(-n2c(S[C@H]3CCOC3=O)nnc2-c2ccc(Cl)cc2)cc1. The van der Waals surface area contributed by atoms with Crippen LogP contribution < -0.4 is 0 Å². The maximum absolute atomic E-state index is 11.9. The summed E-state index contributed by atoms with van der Waals surface area (Å²) in [6, 6.07) is 15.6. The molecule has 5 nitrogen and oxygen atoms in total. The number of carbonyl (C=O) groups excluding carboxylic acids is 1. The molecule has 132 valence electrons. The molecule has 1 saturated heterocycles. The van der Waals surface area contributed by atoms with E-state index in [1.807, 2.05) is 60.0 Å². The second kappa shape index (κ2) is 7.13. The van der Waals surface area contributed by atoms with Crippen LogP contribution in [0.15, 0.2) is 53.7 Å². The number of hydrogen-bond donors (Lipinski definition) is 0. The molecule has 1 aliphatic heterocycles. The summed E-state index contributed by atoms with van der Waals surface area (Å²) in [5.41, 5.74) is 3.02. The first-order chi connectivity index (χ1) is 12.6. The molecule has 0 saturated carbocycles. The van der Waals surface area contributed by atoms with E-state index in [9.17, 15) is 4.79 Å². The standard InChI is InChI=1S/C19H16ClN3O2S/c1-12-2-8-15(9-3-12)23-17(13-4-6-14(20)7-5-13)21-22-19(23)26-16-10-11-25-18(16)24/h2-9,16H,10-11H2,1H3/t16-/m0/s1. The number of benzene rings is 2. The van der Waals surface area contributed by atoms with Crippen LogP contribution in [0.4, 0.5) is 0 Å². The van der Waals surface area contributed by atoms with Crippen LogP contribution in [0, 0.1) is 6.92 Å². The normalized spacial score (nSPS) is 16.7. The van der Waals surface area contributed by atoms with Crippen LogP contribution in [-0.4, -0.2) is 32.6 Å². The van der Waals surface area contributed by atoms with Crippen molar-refractivity contribution < 1.29 is 9.53 Å². The second-order valence-corrected chi connectivity index (χ2v) is 7.65. The van der Waals surface area contributed by atoms with Crippen molar-refractivity contribution in [3.05, 3.63) is 59.1 Å². The molecule has 2 aromatic carbocycles. The van der Waals surface area contributed by atoms with Crippen LogP contribution in [-0.2, 0) is 9.53 Å². The first-order valence-corrected chi connectivity index (χ1v) is 9.49. The van der Waals surface area contributed by atoms with E-state index in [4.69, 9.17) is 16.3 Å². The van der Waals surface area contributed by atoms with E-state index in [1.54, 1.807) is 0 Å². The molecule has 4 rings (SSSR count). The molecular formula is C19H16ClN3O2S. The monoisotopic (exact) mass is 385 g/mol. The fraction of sp³-hybridized carbons (Fsp3) is 0.211. The van der Waals surface area contributed by atoms with E-state index in [-0.39, 0.29) is 11.2 Å². The first-order valence-electron chi connectivity index (χ1n) is 8.23. The van der Waals surface area contributed by atoms with Crippen LogP contribution >= 0.6 is 23.4 Å². The van der Waals surface area contributed by atoms with E-state index in [1.165, 1.54) is 17.3 Å². The topological polar surface area (TPSA) is 57.0 Å². The van der Waals surface area contributed by atoms with Crippen LogP contribution in [0.3, 0.4) is 0 Å². The number of aryl methyl sites for hydroxylation is 1. The Hall–Kier alpha value is -2.31. The number of thioether (sulfide) groups is 1. The minimum absolute atomic E-state index is 0.193. The van der Waals surface area contributed by atoms with E-state index < -0.39 is 0 Å². The van der Waals surface area contributed by atoms with Gasteiger partial charge in [-0.05, 0) is 43.3 Å². The van der Waals surface area contributed by atoms with Crippen molar-refractivity contribution in [3.63, 3.8) is 0 Å². The summed E-state index contributed by atoms with van der Waals surface area (Å²) in [6.45, 7) is 2.50. The lowest BCUT2D eigenvalue weighted by molar-refractivity contribution is -0.137. The van der Waals surface area contributed by atoms with Gasteiger partial charge < -0.3 is 4.74 Å². The van der Waals surface area contributed by atoms with Crippen molar-refractivity contribution in [3.8, 4) is 17.1 Å². The minimum atomic E-state index is -0.249. The summed E-state index contributed by atoms with van der Waals surface area (Å²) in [5.74, 6) is 0.515. The zero-order valence-electron chi connectivity index (χ0n) is 14.1. The number of aromatic nitrogens is 3. The van der Waals surface area contributed by atoms with E-state index >= 15 is 0 Å². The lowest BCUT2D eigenvalue weighted by Gasteiger charge is -2.12. The Bertz CT molecular complexity index is 938. The van der Waals surface area contributed by atoms with Gasteiger partial charge >= 0.3 is 5.97 Å². The van der Waals surface area contributed by atoms with Gasteiger partial charge in [0, 0.05) is 22.7 Å². The highest BCUT2D eigenvalue weighted by Crippen LogP contribution is 2.33. The first kappa shape index (κ1) is 17.1. The Morgan fingerprint density at radius 3 is 2.50 bits per heavy atom. The molecule has 1 atom stereocenters. The van der Waals surface area contributed by atoms with Crippen LogP contribution in [0.1, 0.15) is 12.0 Å². The molecule has 0 spiro atoms. The number of nitrogens with zero attached hydrogens (tertiary/aromatic N) is 3. The molecule has 2 heterocycles. The number of esters is 1. The fourth-order valence-electron chi connectivity index (χ4n) is 2.77. The van der Waals surface area contributed by atoms with Crippen molar-refractivity contribution in [2.24, 2.45) is 0 Å². The Morgan fingerprint density at radius 1 is 1.12 bits per heavy atom. The Kier molecular flexibility index (Phi) is 4.70. The van der Waals surface area contributed by atoms with Crippen LogP contribution in [0.2, 0.25) is 5.02 Å². The summed E-state index contributed by atoms with van der Waals surface area (Å²) in [5, 5.41) is 9.81. The fourth-order valence-corrected chi connectivity index (χ4v) is 3.91. The van der Waals surface area contributed by atoms with E-state index in [0.717, 1.165) is 11.3 Å². The van der Waals surface area contributed by atoms with Gasteiger partial charge in [0.15, 0.2) is 11.0 Å². The predicted octanol–water partition coefficient (Wildman–Crippen LogP) is 4.30. The molecule has 0 unspecified atom stereocenters. The quantitative estimate of drug-likeness (QED) is 0.626. The van der Waals surface area contributed by atoms with Gasteiger partial charge in [0.2, 0.25) is 0 Å². The number of carbonyl (C=O) groups is 1. The van der Waals surface area contributed by atoms with Gasteiger partial charge in [0.1, 0.15) is 5.25 Å². The average Bonchev–Trinajstić information content (AvgIpc) is 3.24. The molecule has 26 heavy (non-hydrogen) atoms. The van der Waals surface area contributed by atoms with E-state index in [0.29, 0.717) is 29.0 Å². The highest BCUT2D eigenvalue weighted by molar-refractivity contribution is 8.00. The molecular weight excluding hydrogens is 370 g/mol. The molecule has 0 aliphatic carbocycles. The number of halogens is 1. The van der Waals surface area contributed by atoms with Crippen LogP contribution in [0.5, 0.6) is 0 Å². The van der Waals surface area contributed by atoms with Crippen molar-refractivity contribution in [1.82, 2.24) is 14.8 Å². The Balaban J connectivity index is 1.80. The summed E-state index contributed by atoms with van der Waals surface area (Å²) < 4.78 is 7.04. The molecule has 7 heteroatoms. The highest BCUT2D eigenvalue weighted by Gasteiger charge is 2.30. The van der Waals surface area contributed by atoms with Gasteiger partial charge in [0.05, 0.1) is 6.61 Å². The third-order valence-corrected chi connectivity index (χ3v) is 5.60. The summed E-state index contributed by atoms with van der Waals surface area (Å²) in [7, 11) is 0. The highest BCUT2D eigenvalue weighted by atomic mass is 35.5. The lowest BCUT2D eigenvalue weighted by Crippen LogP contribution is -2.11. The maximum atomic E-state index is 11.9. The number of cyclic esters (lactones) is 1. The molecule has 0 N–H and O–H groups in total. The molecule has 0 bridgehead atoms. The van der Waals surface area contributed by atoms with Crippen molar-refractivity contribution >= 4 is 29.3 Å². The smallest absolute Gasteiger partial charge is 0.319 e. The lowest BCUT2D eigenvalue weighted by atomic mass is 10.2. The molecule has 0 radical (unpaired) electrons. The maximum Gasteiger partial charge on any atom is 0.319 e. The number of ether oxygens (including phenoxy) is 1. The van der Waals surface area contributed by atoms with E-state index in [2.05, 4.69) is 10.2 Å². The van der Waals surface area contributed by atoms with Gasteiger partial charge in [-0.3, -0.25) is 9.36 Å². The van der Waals surface area contributed by atoms with Gasteiger partial charge in [-0.2, -0.15) is 0 Å². The van der Waals surface area contributed by atoms with Crippen molar-refractivity contribution in [1.29, 1.82) is 0 Å². The Labute approximate surface area is 160 Å². The zero-order valence-corrected chi connectivity index (χ0v) is 15.6. The largest absolute Gasteiger partial charge is 0.465 e. The van der Waals surface area contributed by atoms with Gasteiger partial charge in [-0.15, -0.1) is 10.2 Å². The molecule has 1 aromatic heterocycles.